The van der Waals surface area contributed by atoms with Crippen LogP contribution in [0.2, 0.25) is 0 Å². The number of hydrogen-bond donors (Lipinski definition) is 1. The molecule has 0 aliphatic heterocycles. The van der Waals surface area contributed by atoms with Crippen LogP contribution in [0.1, 0.15) is 23.0 Å². The second kappa shape index (κ2) is 5.36. The number of rotatable bonds is 3. The summed E-state index contributed by atoms with van der Waals surface area (Å²) in [5, 5.41) is 0. The van der Waals surface area contributed by atoms with Gasteiger partial charge in [0.2, 0.25) is 0 Å². The highest BCUT2D eigenvalue weighted by molar-refractivity contribution is 5.87. The fourth-order valence-electron chi connectivity index (χ4n) is 1.71. The van der Waals surface area contributed by atoms with Crippen molar-refractivity contribution in [3.63, 3.8) is 0 Å². The quantitative estimate of drug-likeness (QED) is 0.880. The summed E-state index contributed by atoms with van der Waals surface area (Å²) < 4.78 is 43.4. The van der Waals surface area contributed by atoms with Crippen LogP contribution in [-0.4, -0.2) is 22.5 Å². The third kappa shape index (κ3) is 2.81. The molecule has 1 aromatic heterocycles. The van der Waals surface area contributed by atoms with Crippen LogP contribution in [0, 0.1) is 0 Å². The second-order valence-electron chi connectivity index (χ2n) is 3.90. The van der Waals surface area contributed by atoms with Crippen molar-refractivity contribution in [1.29, 1.82) is 0 Å². The van der Waals surface area contributed by atoms with Crippen LogP contribution in [0.25, 0.3) is 11.4 Å². The number of hydrogen-bond acceptors (Lipinski definition) is 3. The predicted octanol–water partition coefficient (Wildman–Crippen LogP) is 3.27. The van der Waals surface area contributed by atoms with E-state index in [4.69, 9.17) is 4.74 Å². The monoisotopic (exact) mass is 284 g/mol. The average Bonchev–Trinajstić information content (AvgIpc) is 2.87. The Morgan fingerprint density at radius 3 is 2.70 bits per heavy atom. The first kappa shape index (κ1) is 14.1. The highest BCUT2D eigenvalue weighted by Crippen LogP contribution is 2.35. The van der Waals surface area contributed by atoms with Crippen molar-refractivity contribution in [3.05, 3.63) is 41.7 Å². The molecule has 0 saturated carbocycles. The Balaban J connectivity index is 2.41. The van der Waals surface area contributed by atoms with Crippen LogP contribution in [0.3, 0.4) is 0 Å². The van der Waals surface area contributed by atoms with Crippen molar-refractivity contribution in [3.8, 4) is 11.4 Å². The number of benzene rings is 1. The lowest BCUT2D eigenvalue weighted by molar-refractivity contribution is -0.137. The number of carbonyl (C=O) groups is 1. The molecule has 1 aromatic carbocycles. The Bertz CT molecular complexity index is 620. The molecule has 2 rings (SSSR count). The molecular weight excluding hydrogens is 273 g/mol. The normalized spacial score (nSPS) is 11.4. The van der Waals surface area contributed by atoms with Gasteiger partial charge in [0.1, 0.15) is 5.82 Å². The smallest absolute Gasteiger partial charge is 0.417 e. The van der Waals surface area contributed by atoms with Crippen molar-refractivity contribution in [2.45, 2.75) is 13.1 Å². The molecule has 0 saturated heterocycles. The summed E-state index contributed by atoms with van der Waals surface area (Å²) in [5.41, 5.74) is -0.987. The van der Waals surface area contributed by atoms with E-state index in [1.54, 1.807) is 6.92 Å². The number of ether oxygens (including phenoxy) is 1. The molecule has 0 aliphatic carbocycles. The SMILES string of the molecule is CCOC(=O)c1c[nH]c(-c2ccccc2C(F)(F)F)n1. The summed E-state index contributed by atoms with van der Waals surface area (Å²) >= 11 is 0. The van der Waals surface area contributed by atoms with E-state index in [0.29, 0.717) is 0 Å². The lowest BCUT2D eigenvalue weighted by Gasteiger charge is -2.10. The van der Waals surface area contributed by atoms with Gasteiger partial charge in [-0.1, -0.05) is 18.2 Å². The molecule has 4 nitrogen and oxygen atoms in total. The predicted molar refractivity (Wildman–Crippen MR) is 65.0 cm³/mol. The van der Waals surface area contributed by atoms with Gasteiger partial charge in [-0.05, 0) is 13.0 Å². The molecule has 0 amide bonds. The van der Waals surface area contributed by atoms with Crippen molar-refractivity contribution in [2.24, 2.45) is 0 Å². The average molecular weight is 284 g/mol. The molecule has 0 unspecified atom stereocenters. The van der Waals surface area contributed by atoms with Gasteiger partial charge in [0.25, 0.3) is 0 Å². The third-order valence-corrected chi connectivity index (χ3v) is 2.55. The second-order valence-corrected chi connectivity index (χ2v) is 3.90. The van der Waals surface area contributed by atoms with E-state index in [0.717, 1.165) is 6.07 Å². The summed E-state index contributed by atoms with van der Waals surface area (Å²) in [6.07, 6.45) is -3.27. The van der Waals surface area contributed by atoms with E-state index in [9.17, 15) is 18.0 Å². The third-order valence-electron chi connectivity index (χ3n) is 2.55. The number of alkyl halides is 3. The number of H-pyrrole nitrogens is 1. The van der Waals surface area contributed by atoms with Gasteiger partial charge in [-0.3, -0.25) is 0 Å². The van der Waals surface area contributed by atoms with Crippen molar-refractivity contribution in [1.82, 2.24) is 9.97 Å². The minimum absolute atomic E-state index is 0.0269. The van der Waals surface area contributed by atoms with E-state index in [2.05, 4.69) is 9.97 Å². The van der Waals surface area contributed by atoms with E-state index >= 15 is 0 Å². The molecule has 0 atom stereocenters. The Hall–Kier alpha value is -2.31. The first-order valence-corrected chi connectivity index (χ1v) is 5.82. The molecule has 1 N–H and O–H groups in total. The molecular formula is C13H11F3N2O2. The summed E-state index contributed by atoms with van der Waals surface area (Å²) in [4.78, 5) is 17.8. The largest absolute Gasteiger partial charge is 0.461 e. The standard InChI is InChI=1S/C13H11F3N2O2/c1-2-20-12(19)10-7-17-11(18-10)8-5-3-4-6-9(8)13(14,15)16/h3-7H,2H2,1H3,(H,17,18). The Morgan fingerprint density at radius 1 is 1.35 bits per heavy atom. The highest BCUT2D eigenvalue weighted by Gasteiger charge is 2.34. The highest BCUT2D eigenvalue weighted by atomic mass is 19.4. The van der Waals surface area contributed by atoms with Crippen molar-refractivity contribution < 1.29 is 22.7 Å². The van der Waals surface area contributed by atoms with Gasteiger partial charge < -0.3 is 9.72 Å². The maximum atomic E-state index is 12.9. The van der Waals surface area contributed by atoms with Gasteiger partial charge in [0.05, 0.1) is 12.2 Å². The number of carbonyl (C=O) groups excluding carboxylic acids is 1. The number of nitrogens with zero attached hydrogens (tertiary/aromatic N) is 1. The van der Waals surface area contributed by atoms with Crippen LogP contribution in [0.4, 0.5) is 13.2 Å². The Labute approximate surface area is 112 Å². The fraction of sp³-hybridized carbons (Fsp3) is 0.231. The Kier molecular flexibility index (Phi) is 3.78. The zero-order chi connectivity index (χ0) is 14.8. The zero-order valence-corrected chi connectivity index (χ0v) is 10.5. The van der Waals surface area contributed by atoms with Gasteiger partial charge in [-0.2, -0.15) is 13.2 Å². The van der Waals surface area contributed by atoms with Crippen molar-refractivity contribution >= 4 is 5.97 Å². The van der Waals surface area contributed by atoms with Crippen LogP contribution in [0.15, 0.2) is 30.5 Å². The summed E-state index contributed by atoms with van der Waals surface area (Å²) in [5.74, 6) is -0.708. The summed E-state index contributed by atoms with van der Waals surface area (Å²) in [7, 11) is 0. The van der Waals surface area contributed by atoms with E-state index in [1.807, 2.05) is 0 Å². The first-order valence-electron chi connectivity index (χ1n) is 5.82. The van der Waals surface area contributed by atoms with E-state index < -0.39 is 17.7 Å². The van der Waals surface area contributed by atoms with Crippen molar-refractivity contribution in [2.75, 3.05) is 6.61 Å². The number of halogens is 3. The number of aromatic nitrogens is 2. The van der Waals surface area contributed by atoms with Crippen LogP contribution in [0.5, 0.6) is 0 Å². The van der Waals surface area contributed by atoms with Gasteiger partial charge in [0, 0.05) is 11.8 Å². The molecule has 0 fully saturated rings. The maximum absolute atomic E-state index is 12.9. The fourth-order valence-corrected chi connectivity index (χ4v) is 1.71. The first-order chi connectivity index (χ1) is 9.43. The number of aromatic amines is 1. The van der Waals surface area contributed by atoms with Crippen LogP contribution >= 0.6 is 0 Å². The van der Waals surface area contributed by atoms with E-state index in [1.165, 1.54) is 24.4 Å². The molecule has 1 heterocycles. The molecule has 0 bridgehead atoms. The van der Waals surface area contributed by atoms with Crippen LogP contribution in [-0.2, 0) is 10.9 Å². The summed E-state index contributed by atoms with van der Waals surface area (Å²) in [6, 6.07) is 5.01. The molecule has 106 valence electrons. The summed E-state index contributed by atoms with van der Waals surface area (Å²) in [6.45, 7) is 1.80. The van der Waals surface area contributed by atoms with Gasteiger partial charge in [-0.15, -0.1) is 0 Å². The van der Waals surface area contributed by atoms with E-state index in [-0.39, 0.29) is 23.7 Å². The number of imidazole rings is 1. The molecule has 0 aliphatic rings. The molecule has 0 radical (unpaired) electrons. The number of nitrogens with one attached hydrogen (secondary N) is 1. The van der Waals surface area contributed by atoms with Gasteiger partial charge >= 0.3 is 12.1 Å². The lowest BCUT2D eigenvalue weighted by Crippen LogP contribution is -2.08. The maximum Gasteiger partial charge on any atom is 0.417 e. The lowest BCUT2D eigenvalue weighted by atomic mass is 10.1. The Morgan fingerprint density at radius 2 is 2.05 bits per heavy atom. The minimum Gasteiger partial charge on any atom is -0.461 e. The molecule has 2 aromatic rings. The zero-order valence-electron chi connectivity index (χ0n) is 10.5. The molecule has 7 heteroatoms. The van der Waals surface area contributed by atoms with Crippen LogP contribution < -0.4 is 0 Å². The van der Waals surface area contributed by atoms with Gasteiger partial charge in [0.15, 0.2) is 5.69 Å². The topological polar surface area (TPSA) is 55.0 Å². The minimum atomic E-state index is -4.49. The number of esters is 1. The molecule has 0 spiro atoms. The van der Waals surface area contributed by atoms with Gasteiger partial charge in [-0.25, -0.2) is 9.78 Å². The molecule has 20 heavy (non-hydrogen) atoms.